The predicted molar refractivity (Wildman–Crippen MR) is 63.6 cm³/mol. The number of nitrogens with zero attached hydrogens (tertiary/aromatic N) is 4. The number of ether oxygens (including phenoxy) is 1. The number of hydrogen-bond acceptors (Lipinski definition) is 5. The van der Waals surface area contributed by atoms with Crippen molar-refractivity contribution in [3.63, 3.8) is 0 Å². The fraction of sp³-hybridized carbons (Fsp3) is 0.583. The molecule has 17 heavy (non-hydrogen) atoms. The summed E-state index contributed by atoms with van der Waals surface area (Å²) in [5.41, 5.74) is 0.163. The fourth-order valence-corrected chi connectivity index (χ4v) is 1.92. The molecule has 1 aromatic heterocycles. The first-order valence-corrected chi connectivity index (χ1v) is 5.68. The monoisotopic (exact) mass is 232 g/mol. The Morgan fingerprint density at radius 2 is 2.35 bits per heavy atom. The molecule has 1 saturated heterocycles. The molecule has 90 valence electrons. The zero-order valence-corrected chi connectivity index (χ0v) is 10.3. The van der Waals surface area contributed by atoms with E-state index in [9.17, 15) is 0 Å². The summed E-state index contributed by atoms with van der Waals surface area (Å²) >= 11 is 0. The van der Waals surface area contributed by atoms with Crippen LogP contribution < -0.4 is 4.90 Å². The SMILES string of the molecule is CC1N(c2nccc(C#N)n2)CCOC1(C)C. The first-order chi connectivity index (χ1) is 8.04. The van der Waals surface area contributed by atoms with Crippen molar-refractivity contribution in [3.05, 3.63) is 18.0 Å². The topological polar surface area (TPSA) is 62.0 Å². The standard InChI is InChI=1S/C12H16N4O/c1-9-12(2,3)17-7-6-16(9)11-14-5-4-10(8-13)15-11/h4-5,9H,6-7H2,1-3H3. The van der Waals surface area contributed by atoms with E-state index in [2.05, 4.69) is 35.6 Å². The average Bonchev–Trinajstić information content (AvgIpc) is 2.33. The quantitative estimate of drug-likeness (QED) is 0.731. The normalized spacial score (nSPS) is 23.2. The Bertz CT molecular complexity index is 452. The summed E-state index contributed by atoms with van der Waals surface area (Å²) in [4.78, 5) is 10.6. The van der Waals surface area contributed by atoms with E-state index in [1.807, 2.05) is 6.07 Å². The van der Waals surface area contributed by atoms with Crippen molar-refractivity contribution in [2.75, 3.05) is 18.1 Å². The third-order valence-corrected chi connectivity index (χ3v) is 3.29. The summed E-state index contributed by atoms with van der Waals surface area (Å²) in [6.45, 7) is 7.59. The van der Waals surface area contributed by atoms with Gasteiger partial charge in [0.15, 0.2) is 0 Å². The molecular formula is C12H16N4O. The van der Waals surface area contributed by atoms with Crippen molar-refractivity contribution in [1.82, 2.24) is 9.97 Å². The Morgan fingerprint density at radius 1 is 1.59 bits per heavy atom. The maximum atomic E-state index is 8.85. The van der Waals surface area contributed by atoms with Crippen LogP contribution >= 0.6 is 0 Å². The van der Waals surface area contributed by atoms with E-state index in [4.69, 9.17) is 10.00 Å². The van der Waals surface area contributed by atoms with Gasteiger partial charge in [-0.15, -0.1) is 0 Å². The van der Waals surface area contributed by atoms with E-state index >= 15 is 0 Å². The Morgan fingerprint density at radius 3 is 3.06 bits per heavy atom. The molecule has 0 aliphatic carbocycles. The van der Waals surface area contributed by atoms with Crippen LogP contribution in [0.2, 0.25) is 0 Å². The van der Waals surface area contributed by atoms with Gasteiger partial charge in [0, 0.05) is 12.7 Å². The summed E-state index contributed by atoms with van der Waals surface area (Å²) in [7, 11) is 0. The van der Waals surface area contributed by atoms with Crippen molar-refractivity contribution in [2.45, 2.75) is 32.4 Å². The van der Waals surface area contributed by atoms with Crippen LogP contribution in [0.1, 0.15) is 26.5 Å². The van der Waals surface area contributed by atoms with Gasteiger partial charge >= 0.3 is 0 Å². The molecule has 1 atom stereocenters. The van der Waals surface area contributed by atoms with Gasteiger partial charge in [-0.1, -0.05) is 0 Å². The maximum absolute atomic E-state index is 8.85. The molecule has 1 aliphatic rings. The average molecular weight is 232 g/mol. The molecule has 2 rings (SSSR count). The number of nitriles is 1. The fourth-order valence-electron chi connectivity index (χ4n) is 1.92. The number of morpholine rings is 1. The summed E-state index contributed by atoms with van der Waals surface area (Å²) < 4.78 is 5.72. The molecule has 1 aromatic rings. The van der Waals surface area contributed by atoms with Crippen molar-refractivity contribution < 1.29 is 4.74 Å². The maximum Gasteiger partial charge on any atom is 0.226 e. The molecule has 2 heterocycles. The Kier molecular flexibility index (Phi) is 2.99. The van der Waals surface area contributed by atoms with E-state index < -0.39 is 0 Å². The van der Waals surface area contributed by atoms with E-state index in [0.717, 1.165) is 6.54 Å². The Labute approximate surface area is 101 Å². The molecule has 1 aliphatic heterocycles. The second kappa shape index (κ2) is 4.30. The van der Waals surface area contributed by atoms with Crippen molar-refractivity contribution in [2.24, 2.45) is 0 Å². The van der Waals surface area contributed by atoms with Crippen LogP contribution in [-0.2, 0) is 4.74 Å². The highest BCUT2D eigenvalue weighted by atomic mass is 16.5. The largest absolute Gasteiger partial charge is 0.372 e. The molecule has 0 bridgehead atoms. The first kappa shape index (κ1) is 11.8. The molecular weight excluding hydrogens is 216 g/mol. The highest BCUT2D eigenvalue weighted by Crippen LogP contribution is 2.26. The van der Waals surface area contributed by atoms with Gasteiger partial charge in [0.05, 0.1) is 18.2 Å². The molecule has 5 nitrogen and oxygen atoms in total. The minimum atomic E-state index is -0.232. The third kappa shape index (κ3) is 2.22. The number of anilines is 1. The van der Waals surface area contributed by atoms with Gasteiger partial charge in [0.1, 0.15) is 11.8 Å². The summed E-state index contributed by atoms with van der Waals surface area (Å²) in [5, 5.41) is 8.85. The lowest BCUT2D eigenvalue weighted by Gasteiger charge is -2.44. The van der Waals surface area contributed by atoms with Crippen LogP contribution in [0, 0.1) is 11.3 Å². The number of hydrogen-bond donors (Lipinski definition) is 0. The molecule has 5 heteroatoms. The minimum Gasteiger partial charge on any atom is -0.372 e. The van der Waals surface area contributed by atoms with Gasteiger partial charge in [0.25, 0.3) is 0 Å². The van der Waals surface area contributed by atoms with Gasteiger partial charge < -0.3 is 9.64 Å². The Hall–Kier alpha value is -1.67. The van der Waals surface area contributed by atoms with Gasteiger partial charge in [0.2, 0.25) is 5.95 Å². The Balaban J connectivity index is 2.30. The molecule has 0 radical (unpaired) electrons. The first-order valence-electron chi connectivity index (χ1n) is 5.68. The van der Waals surface area contributed by atoms with Crippen LogP contribution in [-0.4, -0.2) is 34.8 Å². The zero-order valence-electron chi connectivity index (χ0n) is 10.3. The van der Waals surface area contributed by atoms with Crippen LogP contribution in [0.4, 0.5) is 5.95 Å². The van der Waals surface area contributed by atoms with E-state index in [1.54, 1.807) is 12.3 Å². The van der Waals surface area contributed by atoms with Crippen molar-refractivity contribution >= 4 is 5.95 Å². The van der Waals surface area contributed by atoms with Gasteiger partial charge in [-0.3, -0.25) is 0 Å². The zero-order chi connectivity index (χ0) is 12.5. The molecule has 0 saturated carbocycles. The summed E-state index contributed by atoms with van der Waals surface area (Å²) in [6, 6.07) is 3.82. The van der Waals surface area contributed by atoms with Gasteiger partial charge in [-0.25, -0.2) is 9.97 Å². The molecule has 0 spiro atoms. The smallest absolute Gasteiger partial charge is 0.226 e. The van der Waals surface area contributed by atoms with Crippen LogP contribution in [0.5, 0.6) is 0 Å². The highest BCUT2D eigenvalue weighted by molar-refractivity contribution is 5.36. The van der Waals surface area contributed by atoms with E-state index in [-0.39, 0.29) is 11.6 Å². The van der Waals surface area contributed by atoms with E-state index in [0.29, 0.717) is 18.2 Å². The number of rotatable bonds is 1. The second-order valence-electron chi connectivity index (χ2n) is 4.67. The molecule has 0 aromatic carbocycles. The van der Waals surface area contributed by atoms with Crippen molar-refractivity contribution in [3.8, 4) is 6.07 Å². The van der Waals surface area contributed by atoms with Gasteiger partial charge in [-0.2, -0.15) is 5.26 Å². The third-order valence-electron chi connectivity index (χ3n) is 3.29. The predicted octanol–water partition coefficient (Wildman–Crippen LogP) is 1.35. The summed E-state index contributed by atoms with van der Waals surface area (Å²) in [5.74, 6) is 0.605. The van der Waals surface area contributed by atoms with Gasteiger partial charge in [-0.05, 0) is 26.8 Å². The molecule has 1 unspecified atom stereocenters. The van der Waals surface area contributed by atoms with Crippen LogP contribution in [0.3, 0.4) is 0 Å². The lowest BCUT2D eigenvalue weighted by molar-refractivity contribution is -0.0534. The minimum absolute atomic E-state index is 0.171. The summed E-state index contributed by atoms with van der Waals surface area (Å²) in [6.07, 6.45) is 1.62. The molecule has 0 amide bonds. The van der Waals surface area contributed by atoms with E-state index in [1.165, 1.54) is 0 Å². The highest BCUT2D eigenvalue weighted by Gasteiger charge is 2.36. The lowest BCUT2D eigenvalue weighted by atomic mass is 9.97. The van der Waals surface area contributed by atoms with Crippen LogP contribution in [0.15, 0.2) is 12.3 Å². The lowest BCUT2D eigenvalue weighted by Crippen LogP contribution is -2.56. The molecule has 1 fully saturated rings. The van der Waals surface area contributed by atoms with Crippen LogP contribution in [0.25, 0.3) is 0 Å². The molecule has 0 N–H and O–H groups in total. The number of aromatic nitrogens is 2. The second-order valence-corrected chi connectivity index (χ2v) is 4.67. The van der Waals surface area contributed by atoms with Crippen molar-refractivity contribution in [1.29, 1.82) is 5.26 Å².